The normalized spacial score (nSPS) is 24.5. The van der Waals surface area contributed by atoms with E-state index >= 15 is 0 Å². The van der Waals surface area contributed by atoms with Gasteiger partial charge in [-0.15, -0.1) is 0 Å². The molecule has 9 nitrogen and oxygen atoms in total. The van der Waals surface area contributed by atoms with Crippen LogP contribution < -0.4 is 9.47 Å². The van der Waals surface area contributed by atoms with Crippen LogP contribution in [-0.4, -0.2) is 61.9 Å². The number of rotatable bonds is 11. The Morgan fingerprint density at radius 3 is 2.40 bits per heavy atom. The van der Waals surface area contributed by atoms with Crippen LogP contribution in [0.25, 0.3) is 6.08 Å². The third-order valence-corrected chi connectivity index (χ3v) is 8.82. The number of hydrogen-bond acceptors (Lipinski definition) is 8. The first-order valence-electron chi connectivity index (χ1n) is 16.5. The molecule has 3 N–H and O–H groups in total. The summed E-state index contributed by atoms with van der Waals surface area (Å²) >= 11 is 0. The molecule has 0 saturated carbocycles. The van der Waals surface area contributed by atoms with E-state index in [1.165, 1.54) is 6.92 Å². The highest BCUT2D eigenvalue weighted by atomic mass is 16.6. The van der Waals surface area contributed by atoms with Gasteiger partial charge in [0.1, 0.15) is 40.8 Å². The van der Waals surface area contributed by atoms with Crippen LogP contribution in [0, 0.1) is 5.92 Å². The number of aldehydes is 1. The SMILES string of the molecule is CC(C)=CCc1c2c(c(O)c3c1O[C@@]1([C@@H](C/C=C(\C)C(=O)O)OC(C)(C)C)CC[C@H](C=O)C=C1C3=O)C=CC(C)(C/C=C\C(C)(C)O)O2. The first-order chi connectivity index (χ1) is 22.2. The first-order valence-corrected chi connectivity index (χ1v) is 16.5. The number of phenolic OH excluding ortho intramolecular Hbond substituents is 1. The van der Waals surface area contributed by atoms with Crippen molar-refractivity contribution >= 4 is 24.1 Å². The van der Waals surface area contributed by atoms with Gasteiger partial charge in [-0.25, -0.2) is 4.79 Å². The van der Waals surface area contributed by atoms with Gasteiger partial charge in [0.2, 0.25) is 0 Å². The largest absolute Gasteiger partial charge is 0.506 e. The summed E-state index contributed by atoms with van der Waals surface area (Å²) in [5.74, 6) is -1.80. The number of ketones is 1. The van der Waals surface area contributed by atoms with Crippen LogP contribution in [0.2, 0.25) is 0 Å². The maximum Gasteiger partial charge on any atom is 0.330 e. The molecule has 3 aliphatic rings. The molecule has 9 heteroatoms. The van der Waals surface area contributed by atoms with Crippen molar-refractivity contribution in [3.63, 3.8) is 0 Å². The summed E-state index contributed by atoms with van der Waals surface area (Å²) in [6, 6.07) is 0. The molecule has 4 rings (SSSR count). The molecule has 0 amide bonds. The highest BCUT2D eigenvalue weighted by Crippen LogP contribution is 2.55. The fraction of sp³-hybridized carbons (Fsp3) is 0.513. The van der Waals surface area contributed by atoms with Crippen molar-refractivity contribution in [3.05, 3.63) is 69.9 Å². The number of carbonyl (C=O) groups is 3. The molecular weight excluding hydrogens is 612 g/mol. The standard InChI is InChI=1S/C39H50O9/c1-23(2)11-13-27-33-26(16-19-38(9,47-33)18-10-17-37(7,8)45)31(41)30-32(42)28-21-25(22-40)15-20-39(28,48-34(27)30)29(46-36(4,5)6)14-12-24(3)35(43)44/h10-12,16-17,19,21-22,25,29,41,45H,13-15,18,20H2,1-9H3,(H,43,44)/b17-10-,24-12+/t25-,29+,38?,39-/m0/s1. The second kappa shape index (κ2) is 13.5. The van der Waals surface area contributed by atoms with Gasteiger partial charge in [0, 0.05) is 29.0 Å². The van der Waals surface area contributed by atoms with E-state index in [0.29, 0.717) is 36.1 Å². The molecular formula is C39H50O9. The summed E-state index contributed by atoms with van der Waals surface area (Å²) in [7, 11) is 0. The van der Waals surface area contributed by atoms with Gasteiger partial charge < -0.3 is 34.3 Å². The number of aliphatic carboxylic acids is 1. The minimum absolute atomic E-state index is 0.00937. The Balaban J connectivity index is 1.99. The quantitative estimate of drug-likeness (QED) is 0.127. The number of ether oxygens (including phenoxy) is 3. The molecule has 0 fully saturated rings. The van der Waals surface area contributed by atoms with E-state index in [0.717, 1.165) is 11.9 Å². The van der Waals surface area contributed by atoms with E-state index in [2.05, 4.69) is 0 Å². The van der Waals surface area contributed by atoms with Crippen molar-refractivity contribution in [3.8, 4) is 17.2 Å². The summed E-state index contributed by atoms with van der Waals surface area (Å²) in [5.41, 5.74) is -1.66. The molecule has 0 aromatic heterocycles. The number of hydrogen-bond donors (Lipinski definition) is 3. The number of allylic oxidation sites excluding steroid dienone is 3. The Morgan fingerprint density at radius 1 is 1.12 bits per heavy atom. The number of carboxylic acids is 1. The third-order valence-electron chi connectivity index (χ3n) is 8.82. The summed E-state index contributed by atoms with van der Waals surface area (Å²) in [4.78, 5) is 38.5. The van der Waals surface area contributed by atoms with Crippen LogP contribution in [0.1, 0.15) is 109 Å². The summed E-state index contributed by atoms with van der Waals surface area (Å²) in [5, 5.41) is 31.6. The van der Waals surface area contributed by atoms with Gasteiger partial charge in [-0.3, -0.25) is 4.79 Å². The fourth-order valence-corrected chi connectivity index (χ4v) is 6.35. The van der Waals surface area contributed by atoms with Crippen LogP contribution in [0.15, 0.2) is 53.2 Å². The van der Waals surface area contributed by atoms with Crippen LogP contribution in [0.5, 0.6) is 17.2 Å². The molecule has 1 aromatic carbocycles. The van der Waals surface area contributed by atoms with E-state index in [1.807, 2.05) is 59.8 Å². The van der Waals surface area contributed by atoms with Gasteiger partial charge in [0.25, 0.3) is 0 Å². The van der Waals surface area contributed by atoms with Crippen molar-refractivity contribution in [1.82, 2.24) is 0 Å². The molecule has 0 saturated heterocycles. The Hall–Kier alpha value is -3.95. The lowest BCUT2D eigenvalue weighted by molar-refractivity contribution is -0.139. The fourth-order valence-electron chi connectivity index (χ4n) is 6.35. The van der Waals surface area contributed by atoms with E-state index in [-0.39, 0.29) is 41.1 Å². The number of fused-ring (bicyclic) bond motifs is 3. The lowest BCUT2D eigenvalue weighted by Gasteiger charge is -2.49. The van der Waals surface area contributed by atoms with Gasteiger partial charge in [0.15, 0.2) is 11.4 Å². The minimum atomic E-state index is -1.39. The molecule has 1 unspecified atom stereocenters. The summed E-state index contributed by atoms with van der Waals surface area (Å²) in [6.07, 6.45) is 13.8. The van der Waals surface area contributed by atoms with Gasteiger partial charge in [0.05, 0.1) is 16.8 Å². The van der Waals surface area contributed by atoms with Crippen molar-refractivity contribution in [2.45, 2.75) is 123 Å². The van der Waals surface area contributed by atoms with Gasteiger partial charge in [-0.1, -0.05) is 36.0 Å². The van der Waals surface area contributed by atoms with E-state index in [4.69, 9.17) is 14.2 Å². The second-order valence-corrected chi connectivity index (χ2v) is 15.2. The smallest absolute Gasteiger partial charge is 0.330 e. The number of benzene rings is 1. The summed E-state index contributed by atoms with van der Waals surface area (Å²) in [6.45, 7) is 16.3. The van der Waals surface area contributed by atoms with Gasteiger partial charge >= 0.3 is 5.97 Å². The van der Waals surface area contributed by atoms with Crippen LogP contribution in [0.3, 0.4) is 0 Å². The Kier molecular flexibility index (Phi) is 10.4. The molecule has 2 aliphatic heterocycles. The molecule has 260 valence electrons. The van der Waals surface area contributed by atoms with Gasteiger partial charge in [-0.05, 0) is 100 Å². The molecule has 1 aromatic rings. The zero-order valence-electron chi connectivity index (χ0n) is 29.6. The van der Waals surface area contributed by atoms with E-state index in [1.54, 1.807) is 38.2 Å². The van der Waals surface area contributed by atoms with Crippen molar-refractivity contribution in [2.75, 3.05) is 0 Å². The zero-order chi connectivity index (χ0) is 35.8. The molecule has 0 radical (unpaired) electrons. The number of aromatic hydroxyl groups is 1. The van der Waals surface area contributed by atoms with Crippen LogP contribution >= 0.6 is 0 Å². The van der Waals surface area contributed by atoms with Crippen molar-refractivity contribution in [1.29, 1.82) is 0 Å². The van der Waals surface area contributed by atoms with E-state index in [9.17, 15) is 29.7 Å². The predicted octanol–water partition coefficient (Wildman–Crippen LogP) is 7.24. The average molecular weight is 663 g/mol. The Labute approximate surface area is 283 Å². The topological polar surface area (TPSA) is 140 Å². The summed E-state index contributed by atoms with van der Waals surface area (Å²) < 4.78 is 20.3. The highest BCUT2D eigenvalue weighted by Gasteiger charge is 2.55. The average Bonchev–Trinajstić information content (AvgIpc) is 2.97. The Bertz CT molecular complexity index is 1620. The van der Waals surface area contributed by atoms with Gasteiger partial charge in [-0.2, -0.15) is 0 Å². The number of phenols is 1. The molecule has 4 atom stereocenters. The number of Topliss-reactive ketones (excluding diaryl/α,β-unsaturated/α-hetero) is 1. The van der Waals surface area contributed by atoms with Crippen molar-refractivity contribution < 1.29 is 43.9 Å². The number of carbonyl (C=O) groups excluding carboxylic acids is 2. The first kappa shape index (κ1) is 36.9. The second-order valence-electron chi connectivity index (χ2n) is 15.2. The maximum absolute atomic E-state index is 14.7. The monoisotopic (exact) mass is 662 g/mol. The highest BCUT2D eigenvalue weighted by molar-refractivity contribution is 6.16. The molecule has 48 heavy (non-hydrogen) atoms. The van der Waals surface area contributed by atoms with Crippen molar-refractivity contribution in [2.24, 2.45) is 5.92 Å². The van der Waals surface area contributed by atoms with E-state index < -0.39 is 46.2 Å². The zero-order valence-corrected chi connectivity index (χ0v) is 29.6. The minimum Gasteiger partial charge on any atom is -0.506 e. The molecule has 2 heterocycles. The molecule has 0 bridgehead atoms. The number of aliphatic hydroxyl groups is 1. The lowest BCUT2D eigenvalue weighted by atomic mass is 9.70. The predicted molar refractivity (Wildman–Crippen MR) is 185 cm³/mol. The van der Waals surface area contributed by atoms with Crippen LogP contribution in [0.4, 0.5) is 0 Å². The number of carboxylic acid groups (broad SMARTS) is 1. The molecule has 1 aliphatic carbocycles. The molecule has 0 spiro atoms. The maximum atomic E-state index is 14.7. The lowest BCUT2D eigenvalue weighted by Crippen LogP contribution is -2.57. The van der Waals surface area contributed by atoms with Crippen LogP contribution in [-0.2, 0) is 20.7 Å². The third kappa shape index (κ3) is 7.84. The Morgan fingerprint density at radius 2 is 1.81 bits per heavy atom.